The van der Waals surface area contributed by atoms with Crippen molar-refractivity contribution >= 4 is 36.1 Å². The highest BCUT2D eigenvalue weighted by Crippen LogP contribution is 2.23. The molecule has 0 nitrogen and oxygen atoms in total. The predicted octanol–water partition coefficient (Wildman–Crippen LogP) is 3.80. The van der Waals surface area contributed by atoms with Gasteiger partial charge in [-0.25, -0.2) is 0 Å². The Kier molecular flexibility index (Phi) is 2.19. The van der Waals surface area contributed by atoms with Gasteiger partial charge in [0.15, 0.2) is 0 Å². The van der Waals surface area contributed by atoms with E-state index in [0.717, 1.165) is 0 Å². The van der Waals surface area contributed by atoms with Crippen LogP contribution in [0.2, 0.25) is 0 Å². The van der Waals surface area contributed by atoms with Gasteiger partial charge in [-0.3, -0.25) is 0 Å². The van der Waals surface area contributed by atoms with E-state index in [-0.39, 0.29) is 0 Å². The quantitative estimate of drug-likeness (QED) is 0.402. The van der Waals surface area contributed by atoms with Crippen LogP contribution in [-0.4, -0.2) is 0 Å². The predicted molar refractivity (Wildman–Crippen MR) is 75.5 cm³/mol. The van der Waals surface area contributed by atoms with Gasteiger partial charge in [0.25, 0.3) is 0 Å². The number of hydrogen-bond donors (Lipinski definition) is 0. The minimum Gasteiger partial charge on any atom is -0.106 e. The van der Waals surface area contributed by atoms with E-state index < -0.39 is 0 Å². The Balaban J connectivity index is 2.44. The molecule has 0 saturated heterocycles. The summed E-state index contributed by atoms with van der Waals surface area (Å²) in [4.78, 5) is 0. The molecule has 1 unspecified atom stereocenters. The molecule has 0 aliphatic rings. The highest BCUT2D eigenvalue weighted by Gasteiger charge is 1.98. The summed E-state index contributed by atoms with van der Waals surface area (Å²) in [5.41, 5.74) is 1.31. The van der Waals surface area contributed by atoms with Crippen LogP contribution in [0.25, 0.3) is 21.5 Å². The van der Waals surface area contributed by atoms with Crippen LogP contribution in [-0.2, 0) is 0 Å². The Morgan fingerprint density at radius 2 is 1.31 bits per heavy atom. The van der Waals surface area contributed by atoms with Crippen molar-refractivity contribution in [1.82, 2.24) is 0 Å². The summed E-state index contributed by atoms with van der Waals surface area (Å²) in [6, 6.07) is 17.6. The summed E-state index contributed by atoms with van der Waals surface area (Å²) in [6.45, 7) is 2.13. The fraction of sp³-hybridized carbons (Fsp3) is 0.0667. The molecule has 1 atom stereocenters. The molecule has 0 spiro atoms. The molecule has 16 heavy (non-hydrogen) atoms. The molecule has 0 heterocycles. The molecule has 1 heteroatoms. The molecule has 0 amide bonds. The van der Waals surface area contributed by atoms with E-state index in [9.17, 15) is 0 Å². The molecule has 0 aliphatic carbocycles. The highest BCUT2D eigenvalue weighted by atomic mass is 31.0. The Bertz CT molecular complexity index is 622. The Morgan fingerprint density at radius 3 is 2.06 bits per heavy atom. The lowest BCUT2D eigenvalue weighted by molar-refractivity contribution is 1.51. The zero-order valence-corrected chi connectivity index (χ0v) is 10.4. The standard InChI is InChI=1S/C15H13P/c1-10-2-3-11-8-14-9-15(16)5-4-12(14)7-13(11)6-10/h2-9H,16H2,1H3. The van der Waals surface area contributed by atoms with Gasteiger partial charge in [-0.1, -0.05) is 35.9 Å². The largest absolute Gasteiger partial charge is 0.106 e. The fourth-order valence-electron chi connectivity index (χ4n) is 2.14. The third kappa shape index (κ3) is 1.60. The third-order valence-corrected chi connectivity index (χ3v) is 3.33. The van der Waals surface area contributed by atoms with Crippen molar-refractivity contribution in [2.45, 2.75) is 6.92 Å². The van der Waals surface area contributed by atoms with Gasteiger partial charge in [-0.05, 0) is 52.0 Å². The van der Waals surface area contributed by atoms with Gasteiger partial charge in [0.05, 0.1) is 0 Å². The molecular weight excluding hydrogens is 211 g/mol. The normalized spacial score (nSPS) is 11.1. The van der Waals surface area contributed by atoms with Crippen LogP contribution in [0.3, 0.4) is 0 Å². The Morgan fingerprint density at radius 1 is 0.688 bits per heavy atom. The molecule has 0 aromatic heterocycles. The maximum absolute atomic E-state index is 2.75. The SMILES string of the molecule is Cc1ccc2cc3cc(P)ccc3cc2c1. The first-order chi connectivity index (χ1) is 7.72. The number of fused-ring (bicyclic) bond motifs is 2. The van der Waals surface area contributed by atoms with Crippen molar-refractivity contribution in [3.8, 4) is 0 Å². The molecule has 0 aliphatic heterocycles. The van der Waals surface area contributed by atoms with Crippen molar-refractivity contribution in [3.05, 3.63) is 54.1 Å². The van der Waals surface area contributed by atoms with Crippen LogP contribution in [0.4, 0.5) is 0 Å². The summed E-state index contributed by atoms with van der Waals surface area (Å²) in [7, 11) is 2.75. The van der Waals surface area contributed by atoms with Crippen LogP contribution in [0, 0.1) is 6.92 Å². The monoisotopic (exact) mass is 224 g/mol. The summed E-state index contributed by atoms with van der Waals surface area (Å²) in [5.74, 6) is 0. The van der Waals surface area contributed by atoms with Crippen LogP contribution in [0.5, 0.6) is 0 Å². The number of benzene rings is 3. The van der Waals surface area contributed by atoms with E-state index in [1.54, 1.807) is 0 Å². The molecule has 3 aromatic rings. The number of aryl methyl sites for hydroxylation is 1. The highest BCUT2D eigenvalue weighted by molar-refractivity contribution is 7.27. The van der Waals surface area contributed by atoms with Crippen molar-refractivity contribution in [3.63, 3.8) is 0 Å². The smallest absolute Gasteiger partial charge is 0.0171 e. The van der Waals surface area contributed by atoms with E-state index in [1.165, 1.54) is 32.4 Å². The average molecular weight is 224 g/mol. The summed E-state index contributed by atoms with van der Waals surface area (Å²) in [6.07, 6.45) is 0. The average Bonchev–Trinajstić information content (AvgIpc) is 2.26. The van der Waals surface area contributed by atoms with Crippen molar-refractivity contribution in [1.29, 1.82) is 0 Å². The van der Waals surface area contributed by atoms with Crippen molar-refractivity contribution < 1.29 is 0 Å². The number of rotatable bonds is 0. The van der Waals surface area contributed by atoms with Crippen LogP contribution < -0.4 is 5.30 Å². The second-order valence-electron chi connectivity index (χ2n) is 4.31. The van der Waals surface area contributed by atoms with Crippen molar-refractivity contribution in [2.75, 3.05) is 0 Å². The van der Waals surface area contributed by atoms with Gasteiger partial charge < -0.3 is 0 Å². The molecule has 0 bridgehead atoms. The lowest BCUT2D eigenvalue weighted by Gasteiger charge is -2.04. The van der Waals surface area contributed by atoms with Gasteiger partial charge in [-0.15, -0.1) is 9.24 Å². The zero-order valence-electron chi connectivity index (χ0n) is 9.20. The summed E-state index contributed by atoms with van der Waals surface area (Å²) in [5, 5.41) is 6.49. The molecule has 3 rings (SSSR count). The first kappa shape index (κ1) is 9.81. The first-order valence-corrected chi connectivity index (χ1v) is 6.00. The van der Waals surface area contributed by atoms with Crippen LogP contribution in [0.1, 0.15) is 5.56 Å². The Hall–Kier alpha value is -1.39. The van der Waals surface area contributed by atoms with Gasteiger partial charge in [-0.2, -0.15) is 0 Å². The lowest BCUT2D eigenvalue weighted by Crippen LogP contribution is -1.88. The molecular formula is C15H13P. The van der Waals surface area contributed by atoms with Crippen molar-refractivity contribution in [2.24, 2.45) is 0 Å². The van der Waals surface area contributed by atoms with Gasteiger partial charge in [0, 0.05) is 0 Å². The maximum Gasteiger partial charge on any atom is -0.0171 e. The first-order valence-electron chi connectivity index (χ1n) is 5.42. The maximum atomic E-state index is 2.75. The van der Waals surface area contributed by atoms with Crippen LogP contribution >= 0.6 is 9.24 Å². The molecule has 0 N–H and O–H groups in total. The minimum absolute atomic E-state index is 1.24. The number of hydrogen-bond acceptors (Lipinski definition) is 0. The molecule has 78 valence electrons. The van der Waals surface area contributed by atoms with E-state index in [0.29, 0.717) is 0 Å². The van der Waals surface area contributed by atoms with E-state index in [4.69, 9.17) is 0 Å². The summed E-state index contributed by atoms with van der Waals surface area (Å²) < 4.78 is 0. The molecule has 0 saturated carbocycles. The second kappa shape index (κ2) is 3.57. The van der Waals surface area contributed by atoms with Crippen LogP contribution in [0.15, 0.2) is 48.5 Å². The molecule has 0 radical (unpaired) electrons. The van der Waals surface area contributed by atoms with Gasteiger partial charge >= 0.3 is 0 Å². The minimum atomic E-state index is 1.24. The second-order valence-corrected chi connectivity index (χ2v) is 4.98. The Labute approximate surface area is 97.5 Å². The van der Waals surface area contributed by atoms with Gasteiger partial charge in [0.2, 0.25) is 0 Å². The third-order valence-electron chi connectivity index (χ3n) is 2.98. The van der Waals surface area contributed by atoms with E-state index in [1.807, 2.05) is 0 Å². The van der Waals surface area contributed by atoms with Gasteiger partial charge in [0.1, 0.15) is 0 Å². The topological polar surface area (TPSA) is 0 Å². The zero-order chi connectivity index (χ0) is 11.1. The van der Waals surface area contributed by atoms with E-state index in [2.05, 4.69) is 64.7 Å². The summed E-state index contributed by atoms with van der Waals surface area (Å²) >= 11 is 0. The molecule has 0 fully saturated rings. The lowest BCUT2D eigenvalue weighted by atomic mass is 10.0. The molecule has 3 aromatic carbocycles. The van der Waals surface area contributed by atoms with E-state index >= 15 is 0 Å². The fourth-order valence-corrected chi connectivity index (χ4v) is 2.41.